The van der Waals surface area contributed by atoms with Crippen LogP contribution in [0.25, 0.3) is 0 Å². The molecule has 0 bridgehead atoms. The number of benzene rings is 1. The largest absolute Gasteiger partial charge is 0.310 e. The van der Waals surface area contributed by atoms with E-state index in [1.165, 1.54) is 48.2 Å². The van der Waals surface area contributed by atoms with Crippen molar-refractivity contribution in [3.05, 3.63) is 47.0 Å². The monoisotopic (exact) mass is 272 g/mol. The zero-order valence-corrected chi connectivity index (χ0v) is 13.2. The molecule has 1 saturated heterocycles. The van der Waals surface area contributed by atoms with Gasteiger partial charge >= 0.3 is 0 Å². The molecule has 2 rings (SSSR count). The van der Waals surface area contributed by atoms with Crippen LogP contribution in [0.4, 0.5) is 0 Å². The highest BCUT2D eigenvalue weighted by Crippen LogP contribution is 2.13. The average molecular weight is 272 g/mol. The first kappa shape index (κ1) is 15.3. The first-order valence-corrected chi connectivity index (χ1v) is 7.70. The maximum absolute atomic E-state index is 4.00. The summed E-state index contributed by atoms with van der Waals surface area (Å²) in [4.78, 5) is 2.51. The van der Waals surface area contributed by atoms with E-state index in [2.05, 4.69) is 55.8 Å². The summed E-state index contributed by atoms with van der Waals surface area (Å²) in [7, 11) is 0. The SMILES string of the molecule is C=C(C)CN1CCC(NCc2cc(C)cc(C)c2)CC1. The second kappa shape index (κ2) is 7.05. The molecule has 1 N–H and O–H groups in total. The second-order valence-corrected chi connectivity index (χ2v) is 6.38. The quantitative estimate of drug-likeness (QED) is 0.826. The number of likely N-dealkylation sites (tertiary alicyclic amines) is 1. The maximum Gasteiger partial charge on any atom is 0.0208 e. The molecule has 110 valence electrons. The van der Waals surface area contributed by atoms with Crippen molar-refractivity contribution in [1.29, 1.82) is 0 Å². The Hall–Kier alpha value is -1.12. The zero-order chi connectivity index (χ0) is 14.5. The fourth-order valence-corrected chi connectivity index (χ4v) is 3.11. The summed E-state index contributed by atoms with van der Waals surface area (Å²) < 4.78 is 0. The van der Waals surface area contributed by atoms with Crippen molar-refractivity contribution in [3.8, 4) is 0 Å². The molecule has 1 aromatic rings. The lowest BCUT2D eigenvalue weighted by atomic mass is 10.0. The molecule has 0 amide bonds. The minimum Gasteiger partial charge on any atom is -0.310 e. The van der Waals surface area contributed by atoms with E-state index in [9.17, 15) is 0 Å². The van der Waals surface area contributed by atoms with Gasteiger partial charge in [0.05, 0.1) is 0 Å². The minimum atomic E-state index is 0.664. The summed E-state index contributed by atoms with van der Waals surface area (Å²) in [5, 5.41) is 3.72. The van der Waals surface area contributed by atoms with Crippen LogP contribution in [0.3, 0.4) is 0 Å². The molecule has 0 aliphatic carbocycles. The highest BCUT2D eigenvalue weighted by Gasteiger charge is 2.18. The lowest BCUT2D eigenvalue weighted by Gasteiger charge is -2.32. The molecule has 1 aromatic carbocycles. The molecule has 2 heteroatoms. The third-order valence-electron chi connectivity index (χ3n) is 3.96. The third kappa shape index (κ3) is 4.77. The number of hydrogen-bond donors (Lipinski definition) is 1. The lowest BCUT2D eigenvalue weighted by Crippen LogP contribution is -2.42. The highest BCUT2D eigenvalue weighted by molar-refractivity contribution is 5.28. The summed E-state index contributed by atoms with van der Waals surface area (Å²) in [5.74, 6) is 0. The summed E-state index contributed by atoms with van der Waals surface area (Å²) in [6.45, 7) is 14.9. The predicted octanol–water partition coefficient (Wildman–Crippen LogP) is 3.43. The van der Waals surface area contributed by atoms with Gasteiger partial charge in [-0.3, -0.25) is 4.90 Å². The van der Waals surface area contributed by atoms with Crippen molar-refractivity contribution >= 4 is 0 Å². The van der Waals surface area contributed by atoms with Crippen LogP contribution < -0.4 is 5.32 Å². The van der Waals surface area contributed by atoms with Gasteiger partial charge in [-0.2, -0.15) is 0 Å². The summed E-state index contributed by atoms with van der Waals surface area (Å²) in [6.07, 6.45) is 2.50. The van der Waals surface area contributed by atoms with Crippen LogP contribution in [0.5, 0.6) is 0 Å². The molecule has 0 saturated carbocycles. The van der Waals surface area contributed by atoms with Crippen molar-refractivity contribution in [3.63, 3.8) is 0 Å². The number of nitrogens with zero attached hydrogens (tertiary/aromatic N) is 1. The van der Waals surface area contributed by atoms with E-state index >= 15 is 0 Å². The Morgan fingerprint density at radius 3 is 2.35 bits per heavy atom. The molecular weight excluding hydrogens is 244 g/mol. The molecule has 1 heterocycles. The van der Waals surface area contributed by atoms with Gasteiger partial charge in [0.2, 0.25) is 0 Å². The minimum absolute atomic E-state index is 0.664. The molecule has 1 aliphatic rings. The van der Waals surface area contributed by atoms with Gasteiger partial charge in [0, 0.05) is 19.1 Å². The number of nitrogens with one attached hydrogen (secondary N) is 1. The van der Waals surface area contributed by atoms with Gasteiger partial charge in [0.1, 0.15) is 0 Å². The molecule has 20 heavy (non-hydrogen) atoms. The van der Waals surface area contributed by atoms with Crippen LogP contribution in [-0.4, -0.2) is 30.6 Å². The van der Waals surface area contributed by atoms with Crippen molar-refractivity contribution in [2.45, 2.75) is 46.2 Å². The van der Waals surface area contributed by atoms with Gasteiger partial charge in [0.15, 0.2) is 0 Å². The Kier molecular flexibility index (Phi) is 5.38. The lowest BCUT2D eigenvalue weighted by molar-refractivity contribution is 0.211. The maximum atomic E-state index is 4.00. The first-order chi connectivity index (χ1) is 9.52. The average Bonchev–Trinajstić information content (AvgIpc) is 2.36. The fourth-order valence-electron chi connectivity index (χ4n) is 3.11. The van der Waals surface area contributed by atoms with Crippen LogP contribution in [0.15, 0.2) is 30.4 Å². The predicted molar refractivity (Wildman–Crippen MR) is 87.0 cm³/mol. The van der Waals surface area contributed by atoms with Crippen molar-refractivity contribution < 1.29 is 0 Å². The topological polar surface area (TPSA) is 15.3 Å². The number of aryl methyl sites for hydroxylation is 2. The van der Waals surface area contributed by atoms with Crippen molar-refractivity contribution in [2.75, 3.05) is 19.6 Å². The van der Waals surface area contributed by atoms with Crippen LogP contribution >= 0.6 is 0 Å². The van der Waals surface area contributed by atoms with Crippen LogP contribution in [0.1, 0.15) is 36.5 Å². The first-order valence-electron chi connectivity index (χ1n) is 7.70. The van der Waals surface area contributed by atoms with E-state index in [-0.39, 0.29) is 0 Å². The molecule has 0 spiro atoms. The molecule has 0 atom stereocenters. The van der Waals surface area contributed by atoms with Crippen molar-refractivity contribution in [1.82, 2.24) is 10.2 Å². The van der Waals surface area contributed by atoms with Crippen LogP contribution in [-0.2, 0) is 6.54 Å². The van der Waals surface area contributed by atoms with Gasteiger partial charge in [-0.05, 0) is 52.3 Å². The summed E-state index contributed by atoms with van der Waals surface area (Å²) in [5.41, 5.74) is 5.40. The molecule has 0 radical (unpaired) electrons. The van der Waals surface area contributed by atoms with E-state index in [1.54, 1.807) is 0 Å². The van der Waals surface area contributed by atoms with E-state index in [0.717, 1.165) is 13.1 Å². The van der Waals surface area contributed by atoms with E-state index in [0.29, 0.717) is 6.04 Å². The Bertz CT molecular complexity index is 436. The molecule has 0 unspecified atom stereocenters. The summed E-state index contributed by atoms with van der Waals surface area (Å²) >= 11 is 0. The van der Waals surface area contributed by atoms with Crippen LogP contribution in [0.2, 0.25) is 0 Å². The smallest absolute Gasteiger partial charge is 0.0208 e. The Morgan fingerprint density at radius 1 is 1.20 bits per heavy atom. The van der Waals surface area contributed by atoms with Crippen LogP contribution in [0, 0.1) is 13.8 Å². The van der Waals surface area contributed by atoms with Gasteiger partial charge < -0.3 is 5.32 Å². The van der Waals surface area contributed by atoms with Gasteiger partial charge in [0.25, 0.3) is 0 Å². The Morgan fingerprint density at radius 2 is 1.80 bits per heavy atom. The van der Waals surface area contributed by atoms with Gasteiger partial charge in [-0.1, -0.05) is 41.5 Å². The number of rotatable bonds is 5. The normalized spacial score (nSPS) is 17.4. The fraction of sp³-hybridized carbons (Fsp3) is 0.556. The standard InChI is InChI=1S/C18H28N2/c1-14(2)13-20-7-5-18(6-8-20)19-12-17-10-15(3)9-16(4)11-17/h9-11,18-19H,1,5-8,12-13H2,2-4H3. The molecule has 2 nitrogen and oxygen atoms in total. The van der Waals surface area contributed by atoms with Gasteiger partial charge in [-0.15, -0.1) is 0 Å². The molecule has 1 fully saturated rings. The molecule has 1 aliphatic heterocycles. The van der Waals surface area contributed by atoms with E-state index in [4.69, 9.17) is 0 Å². The Labute approximate surface area is 123 Å². The third-order valence-corrected chi connectivity index (χ3v) is 3.96. The Balaban J connectivity index is 1.77. The van der Waals surface area contributed by atoms with Crippen molar-refractivity contribution in [2.24, 2.45) is 0 Å². The zero-order valence-electron chi connectivity index (χ0n) is 13.2. The summed E-state index contributed by atoms with van der Waals surface area (Å²) in [6, 6.07) is 7.48. The highest BCUT2D eigenvalue weighted by atomic mass is 15.1. The second-order valence-electron chi connectivity index (χ2n) is 6.38. The molecule has 0 aromatic heterocycles. The van der Waals surface area contributed by atoms with E-state index in [1.807, 2.05) is 0 Å². The molecular formula is C18H28N2. The number of piperidine rings is 1. The van der Waals surface area contributed by atoms with Gasteiger partial charge in [-0.25, -0.2) is 0 Å². The number of hydrogen-bond acceptors (Lipinski definition) is 2. The van der Waals surface area contributed by atoms with E-state index < -0.39 is 0 Å².